The second kappa shape index (κ2) is 7.32. The van der Waals surface area contributed by atoms with Crippen molar-refractivity contribution in [1.82, 2.24) is 15.2 Å². The molecule has 2 aliphatic rings. The van der Waals surface area contributed by atoms with E-state index < -0.39 is 12.1 Å². The van der Waals surface area contributed by atoms with E-state index in [4.69, 9.17) is 0 Å². The number of hydrogen-bond acceptors (Lipinski definition) is 4. The van der Waals surface area contributed by atoms with Crippen LogP contribution in [0.5, 0.6) is 0 Å². The fraction of sp³-hybridized carbons (Fsp3) is 0.500. The topological polar surface area (TPSA) is 106 Å². The molecule has 1 saturated heterocycles. The largest absolute Gasteiger partial charge is 0.393 e. The molecule has 2 fully saturated rings. The van der Waals surface area contributed by atoms with Crippen molar-refractivity contribution in [3.8, 4) is 0 Å². The Labute approximate surface area is 157 Å². The van der Waals surface area contributed by atoms with Gasteiger partial charge in [0.2, 0.25) is 5.91 Å². The average Bonchev–Trinajstić information content (AvgIpc) is 3.28. The van der Waals surface area contributed by atoms with E-state index in [-0.39, 0.29) is 23.8 Å². The standard InChI is InChI=1S/C20H25N3O4/c24-14-5-8-23(9-6-14)20(27)13-10-16(17(25)11-13)22-19(26)15-3-1-2-12-4-7-21-18(12)15/h1-4,7,13-14,16-17,21,24-25H,5-6,8-11H2,(H,22,26)/t13-,16-,17-/m0/s1. The maximum absolute atomic E-state index is 12.7. The predicted molar refractivity (Wildman–Crippen MR) is 100 cm³/mol. The number of hydrogen-bond donors (Lipinski definition) is 4. The van der Waals surface area contributed by atoms with E-state index >= 15 is 0 Å². The van der Waals surface area contributed by atoms with Gasteiger partial charge in [0.25, 0.3) is 5.91 Å². The third-order valence-corrected chi connectivity index (χ3v) is 5.80. The highest BCUT2D eigenvalue weighted by atomic mass is 16.3. The molecular formula is C20H25N3O4. The highest BCUT2D eigenvalue weighted by molar-refractivity contribution is 6.05. The van der Waals surface area contributed by atoms with Crippen molar-refractivity contribution in [3.05, 3.63) is 36.0 Å². The Kier molecular flexibility index (Phi) is 4.88. The van der Waals surface area contributed by atoms with Gasteiger partial charge in [0, 0.05) is 30.6 Å². The molecule has 2 amide bonds. The van der Waals surface area contributed by atoms with Gasteiger partial charge in [0.05, 0.1) is 29.3 Å². The quantitative estimate of drug-likeness (QED) is 0.646. The summed E-state index contributed by atoms with van der Waals surface area (Å²) in [5.74, 6) is -0.521. The predicted octanol–water partition coefficient (Wildman–Crippen LogP) is 1.02. The molecule has 1 saturated carbocycles. The molecule has 1 aliphatic heterocycles. The molecule has 1 aromatic heterocycles. The number of benzene rings is 1. The Balaban J connectivity index is 1.41. The number of fused-ring (bicyclic) bond motifs is 1. The molecule has 2 heterocycles. The summed E-state index contributed by atoms with van der Waals surface area (Å²) < 4.78 is 0. The van der Waals surface area contributed by atoms with E-state index in [0.29, 0.717) is 44.3 Å². The molecule has 0 spiro atoms. The normalized spacial score (nSPS) is 26.4. The maximum atomic E-state index is 12.7. The monoisotopic (exact) mass is 371 g/mol. The van der Waals surface area contributed by atoms with Gasteiger partial charge in [-0.15, -0.1) is 0 Å². The zero-order valence-corrected chi connectivity index (χ0v) is 15.1. The molecule has 0 bridgehead atoms. The Morgan fingerprint density at radius 3 is 2.67 bits per heavy atom. The van der Waals surface area contributed by atoms with E-state index in [1.807, 2.05) is 18.2 Å². The van der Waals surface area contributed by atoms with Crippen molar-refractivity contribution in [2.75, 3.05) is 13.1 Å². The van der Waals surface area contributed by atoms with Crippen LogP contribution in [0.4, 0.5) is 0 Å². The third-order valence-electron chi connectivity index (χ3n) is 5.80. The zero-order valence-electron chi connectivity index (χ0n) is 15.1. The van der Waals surface area contributed by atoms with Gasteiger partial charge in [0.15, 0.2) is 0 Å². The lowest BCUT2D eigenvalue weighted by Crippen LogP contribution is -2.43. The molecule has 7 heteroatoms. The minimum absolute atomic E-state index is 0.0177. The number of aromatic amines is 1. The van der Waals surface area contributed by atoms with E-state index in [0.717, 1.165) is 10.9 Å². The molecule has 1 aliphatic carbocycles. The highest BCUT2D eigenvalue weighted by Gasteiger charge is 2.40. The van der Waals surface area contributed by atoms with Crippen LogP contribution < -0.4 is 5.32 Å². The third kappa shape index (κ3) is 3.57. The summed E-state index contributed by atoms with van der Waals surface area (Å²) in [5.41, 5.74) is 1.30. The van der Waals surface area contributed by atoms with Crippen LogP contribution >= 0.6 is 0 Å². The Morgan fingerprint density at radius 2 is 1.89 bits per heavy atom. The second-order valence-electron chi connectivity index (χ2n) is 7.62. The number of rotatable bonds is 3. The lowest BCUT2D eigenvalue weighted by Gasteiger charge is -2.31. The minimum atomic E-state index is -0.735. The van der Waals surface area contributed by atoms with E-state index in [2.05, 4.69) is 10.3 Å². The van der Waals surface area contributed by atoms with Crippen LogP contribution in [0.25, 0.3) is 10.9 Å². The lowest BCUT2D eigenvalue weighted by molar-refractivity contribution is -0.137. The van der Waals surface area contributed by atoms with Gasteiger partial charge in [-0.2, -0.15) is 0 Å². The number of carbonyl (C=O) groups excluding carboxylic acids is 2. The van der Waals surface area contributed by atoms with Crippen molar-refractivity contribution in [1.29, 1.82) is 0 Å². The van der Waals surface area contributed by atoms with Gasteiger partial charge in [-0.1, -0.05) is 12.1 Å². The summed E-state index contributed by atoms with van der Waals surface area (Å²) in [7, 11) is 0. The van der Waals surface area contributed by atoms with Crippen LogP contribution in [0.1, 0.15) is 36.0 Å². The second-order valence-corrected chi connectivity index (χ2v) is 7.62. The molecule has 27 heavy (non-hydrogen) atoms. The SMILES string of the molecule is O=C(N[C@H]1C[C@H](C(=O)N2CCC(O)CC2)C[C@@H]1O)c1cccc2cc[nH]c12. The number of aliphatic hydroxyl groups excluding tert-OH is 2. The van der Waals surface area contributed by atoms with Crippen molar-refractivity contribution < 1.29 is 19.8 Å². The Morgan fingerprint density at radius 1 is 1.11 bits per heavy atom. The van der Waals surface area contributed by atoms with Crippen molar-refractivity contribution in [2.45, 2.75) is 43.9 Å². The molecule has 0 radical (unpaired) electrons. The fourth-order valence-electron chi connectivity index (χ4n) is 4.24. The van der Waals surface area contributed by atoms with Crippen LogP contribution in [-0.4, -0.2) is 63.3 Å². The summed E-state index contributed by atoms with van der Waals surface area (Å²) in [6.45, 7) is 1.11. The van der Waals surface area contributed by atoms with Crippen molar-refractivity contribution >= 4 is 22.7 Å². The number of H-pyrrole nitrogens is 1. The first-order valence-electron chi connectivity index (χ1n) is 9.55. The van der Waals surface area contributed by atoms with Crippen LogP contribution in [0.3, 0.4) is 0 Å². The number of likely N-dealkylation sites (tertiary alicyclic amines) is 1. The number of piperidine rings is 1. The number of para-hydroxylation sites is 1. The van der Waals surface area contributed by atoms with E-state index in [1.165, 1.54) is 0 Å². The molecular weight excluding hydrogens is 346 g/mol. The number of nitrogens with zero attached hydrogens (tertiary/aromatic N) is 1. The Bertz CT molecular complexity index is 841. The lowest BCUT2D eigenvalue weighted by atomic mass is 10.0. The van der Waals surface area contributed by atoms with E-state index in [1.54, 1.807) is 17.2 Å². The van der Waals surface area contributed by atoms with Gasteiger partial charge in [-0.3, -0.25) is 9.59 Å². The zero-order chi connectivity index (χ0) is 19.0. The number of aromatic nitrogens is 1. The summed E-state index contributed by atoms with van der Waals surface area (Å²) in [6, 6.07) is 6.97. The minimum Gasteiger partial charge on any atom is -0.393 e. The first-order valence-corrected chi connectivity index (χ1v) is 9.55. The molecule has 2 aromatic rings. The van der Waals surface area contributed by atoms with Gasteiger partial charge < -0.3 is 25.4 Å². The summed E-state index contributed by atoms with van der Waals surface area (Å²) >= 11 is 0. The van der Waals surface area contributed by atoms with Crippen LogP contribution in [0, 0.1) is 5.92 Å². The van der Waals surface area contributed by atoms with Crippen LogP contribution in [0.15, 0.2) is 30.5 Å². The smallest absolute Gasteiger partial charge is 0.253 e. The molecule has 3 atom stereocenters. The first-order chi connectivity index (χ1) is 13.0. The maximum Gasteiger partial charge on any atom is 0.253 e. The van der Waals surface area contributed by atoms with E-state index in [9.17, 15) is 19.8 Å². The van der Waals surface area contributed by atoms with Gasteiger partial charge in [-0.25, -0.2) is 0 Å². The molecule has 4 N–H and O–H groups in total. The summed E-state index contributed by atoms with van der Waals surface area (Å²) in [5, 5.41) is 23.8. The summed E-state index contributed by atoms with van der Waals surface area (Å²) in [6.07, 6.45) is 2.71. The summed E-state index contributed by atoms with van der Waals surface area (Å²) in [4.78, 5) is 30.3. The van der Waals surface area contributed by atoms with Gasteiger partial charge in [0.1, 0.15) is 0 Å². The van der Waals surface area contributed by atoms with Crippen molar-refractivity contribution in [3.63, 3.8) is 0 Å². The first kappa shape index (κ1) is 18.0. The highest BCUT2D eigenvalue weighted by Crippen LogP contribution is 2.29. The number of carbonyl (C=O) groups is 2. The van der Waals surface area contributed by atoms with Gasteiger partial charge in [-0.05, 0) is 37.8 Å². The van der Waals surface area contributed by atoms with Crippen LogP contribution in [-0.2, 0) is 4.79 Å². The molecule has 4 rings (SSSR count). The fourth-order valence-corrected chi connectivity index (χ4v) is 4.24. The number of aliphatic hydroxyl groups is 2. The number of amides is 2. The van der Waals surface area contributed by atoms with Crippen molar-refractivity contribution in [2.24, 2.45) is 5.92 Å². The molecule has 7 nitrogen and oxygen atoms in total. The molecule has 0 unspecified atom stereocenters. The number of nitrogens with one attached hydrogen (secondary N) is 2. The van der Waals surface area contributed by atoms with Crippen LogP contribution in [0.2, 0.25) is 0 Å². The molecule has 144 valence electrons. The van der Waals surface area contributed by atoms with Gasteiger partial charge >= 0.3 is 0 Å². The average molecular weight is 371 g/mol. The molecule has 1 aromatic carbocycles. The Hall–Kier alpha value is -2.38.